The lowest BCUT2D eigenvalue weighted by molar-refractivity contribution is -0.132. The lowest BCUT2D eigenvalue weighted by Crippen LogP contribution is -2.29. The third kappa shape index (κ3) is 3.64. The second-order valence-corrected chi connectivity index (χ2v) is 7.16. The Hall–Kier alpha value is -3.71. The fourth-order valence-electron chi connectivity index (χ4n) is 3.49. The van der Waals surface area contributed by atoms with Crippen LogP contribution < -0.4 is 9.64 Å². The first-order chi connectivity index (χ1) is 14.9. The zero-order chi connectivity index (χ0) is 22.1. The van der Waals surface area contributed by atoms with Crippen molar-refractivity contribution in [2.45, 2.75) is 6.04 Å². The molecule has 6 nitrogen and oxygen atoms in total. The van der Waals surface area contributed by atoms with Crippen molar-refractivity contribution in [3.63, 3.8) is 0 Å². The number of Topliss-reactive ketones (excluding diaryl/α,β-unsaturated/α-hetero) is 1. The molecule has 1 N–H and O–H groups in total. The van der Waals surface area contributed by atoms with Crippen LogP contribution in [0.2, 0.25) is 5.02 Å². The molecule has 3 aromatic rings. The Bertz CT molecular complexity index is 1200. The summed E-state index contributed by atoms with van der Waals surface area (Å²) in [6.45, 7) is 0. The molecule has 0 aliphatic carbocycles. The number of aromatic nitrogens is 1. The minimum absolute atomic E-state index is 0.144. The Morgan fingerprint density at radius 3 is 2.48 bits per heavy atom. The highest BCUT2D eigenvalue weighted by Crippen LogP contribution is 2.42. The summed E-state index contributed by atoms with van der Waals surface area (Å²) in [5.41, 5.74) is 0.760. The predicted molar refractivity (Wildman–Crippen MR) is 113 cm³/mol. The van der Waals surface area contributed by atoms with E-state index in [1.807, 2.05) is 0 Å². The molecule has 1 atom stereocenters. The van der Waals surface area contributed by atoms with Crippen molar-refractivity contribution in [1.29, 1.82) is 0 Å². The van der Waals surface area contributed by atoms with Crippen LogP contribution in [0.3, 0.4) is 0 Å². The van der Waals surface area contributed by atoms with E-state index in [4.69, 9.17) is 16.3 Å². The summed E-state index contributed by atoms with van der Waals surface area (Å²) in [5, 5.41) is 11.3. The van der Waals surface area contributed by atoms with Crippen LogP contribution in [0, 0.1) is 5.82 Å². The fraction of sp³-hybridized carbons (Fsp3) is 0.0870. The largest absolute Gasteiger partial charge is 0.507 e. The van der Waals surface area contributed by atoms with Crippen molar-refractivity contribution in [2.75, 3.05) is 12.0 Å². The highest BCUT2D eigenvalue weighted by molar-refractivity contribution is 6.51. The van der Waals surface area contributed by atoms with Crippen LogP contribution in [0.1, 0.15) is 17.3 Å². The van der Waals surface area contributed by atoms with Gasteiger partial charge < -0.3 is 9.84 Å². The molecule has 8 heteroatoms. The monoisotopic (exact) mass is 438 g/mol. The maximum Gasteiger partial charge on any atom is 0.300 e. The van der Waals surface area contributed by atoms with Gasteiger partial charge in [-0.25, -0.2) is 4.39 Å². The number of carbonyl (C=O) groups excluding carboxylic acids is 2. The van der Waals surface area contributed by atoms with E-state index in [9.17, 15) is 19.1 Å². The zero-order valence-corrected chi connectivity index (χ0v) is 17.0. The van der Waals surface area contributed by atoms with Gasteiger partial charge in [-0.2, -0.15) is 0 Å². The van der Waals surface area contributed by atoms with E-state index in [1.54, 1.807) is 24.3 Å². The van der Waals surface area contributed by atoms with Crippen molar-refractivity contribution < 1.29 is 23.8 Å². The second-order valence-electron chi connectivity index (χ2n) is 6.75. The Morgan fingerprint density at radius 2 is 1.87 bits per heavy atom. The number of aliphatic hydroxyl groups is 1. The molecule has 0 bridgehead atoms. The summed E-state index contributed by atoms with van der Waals surface area (Å²) < 4.78 is 18.6. The third-order valence-corrected chi connectivity index (χ3v) is 5.24. The quantitative estimate of drug-likeness (QED) is 0.368. The van der Waals surface area contributed by atoms with Crippen molar-refractivity contribution >= 4 is 34.7 Å². The van der Waals surface area contributed by atoms with Crippen LogP contribution in [-0.2, 0) is 9.59 Å². The molecular weight excluding hydrogens is 423 g/mol. The Morgan fingerprint density at radius 1 is 1.13 bits per heavy atom. The lowest BCUT2D eigenvalue weighted by atomic mass is 9.98. The second kappa shape index (κ2) is 8.20. The number of benzene rings is 2. The first-order valence-corrected chi connectivity index (χ1v) is 9.61. The number of ether oxygens (including phenoxy) is 1. The van der Waals surface area contributed by atoms with Crippen LogP contribution in [0.5, 0.6) is 5.75 Å². The Labute approximate surface area is 182 Å². The zero-order valence-electron chi connectivity index (χ0n) is 16.3. The standard InChI is InChI=1S/C23H16ClFN2O4/c1-31-18-10-5-13(12-16(18)24)21(28)19-20(17-4-2-3-11-26-17)27(23(30)22(19)29)15-8-6-14(25)7-9-15/h2-12,20,28H,1H3/b21-19-. The summed E-state index contributed by atoms with van der Waals surface area (Å²) in [6, 6.07) is 13.7. The van der Waals surface area contributed by atoms with E-state index in [-0.39, 0.29) is 16.2 Å². The molecule has 2 aromatic carbocycles. The number of anilines is 1. The minimum atomic E-state index is -1.01. The maximum absolute atomic E-state index is 13.4. The molecule has 1 fully saturated rings. The van der Waals surface area contributed by atoms with Gasteiger partial charge in [0, 0.05) is 17.4 Å². The molecule has 31 heavy (non-hydrogen) atoms. The van der Waals surface area contributed by atoms with E-state index in [1.165, 1.54) is 54.6 Å². The molecule has 4 rings (SSSR count). The van der Waals surface area contributed by atoms with Crippen molar-refractivity contribution in [3.8, 4) is 5.75 Å². The fourth-order valence-corrected chi connectivity index (χ4v) is 3.74. The van der Waals surface area contributed by atoms with Gasteiger partial charge in [-0.3, -0.25) is 19.5 Å². The number of halogens is 2. The number of hydrogen-bond acceptors (Lipinski definition) is 5. The molecule has 0 spiro atoms. The van der Waals surface area contributed by atoms with Crippen molar-refractivity contribution in [2.24, 2.45) is 0 Å². The van der Waals surface area contributed by atoms with Gasteiger partial charge in [0.25, 0.3) is 11.7 Å². The SMILES string of the molecule is COc1ccc(/C(O)=C2/C(=O)C(=O)N(c3ccc(F)cc3)C2c2ccccn2)cc1Cl. The van der Waals surface area contributed by atoms with Gasteiger partial charge >= 0.3 is 0 Å². The average molecular weight is 439 g/mol. The lowest BCUT2D eigenvalue weighted by Gasteiger charge is -2.24. The summed E-state index contributed by atoms with van der Waals surface area (Å²) in [4.78, 5) is 31.4. The van der Waals surface area contributed by atoms with Gasteiger partial charge in [0.15, 0.2) is 0 Å². The van der Waals surface area contributed by atoms with Gasteiger partial charge in [-0.1, -0.05) is 17.7 Å². The number of rotatable bonds is 4. The summed E-state index contributed by atoms with van der Waals surface area (Å²) in [6.07, 6.45) is 1.52. The number of amides is 1. The number of nitrogens with zero attached hydrogens (tertiary/aromatic N) is 2. The molecule has 1 aromatic heterocycles. The van der Waals surface area contributed by atoms with Gasteiger partial charge in [-0.05, 0) is 54.6 Å². The van der Waals surface area contributed by atoms with Gasteiger partial charge in [-0.15, -0.1) is 0 Å². The summed E-state index contributed by atoms with van der Waals surface area (Å²) >= 11 is 6.17. The highest BCUT2D eigenvalue weighted by atomic mass is 35.5. The molecule has 1 amide bonds. The normalized spacial score (nSPS) is 17.8. The van der Waals surface area contributed by atoms with E-state index in [2.05, 4.69) is 4.98 Å². The number of hydrogen-bond donors (Lipinski definition) is 1. The van der Waals surface area contributed by atoms with Crippen LogP contribution in [0.4, 0.5) is 10.1 Å². The van der Waals surface area contributed by atoms with Gasteiger partial charge in [0.05, 0.1) is 23.4 Å². The number of carbonyl (C=O) groups is 2. The van der Waals surface area contributed by atoms with Crippen molar-refractivity contribution in [3.05, 3.63) is 94.5 Å². The van der Waals surface area contributed by atoms with E-state index in [0.717, 1.165) is 0 Å². The van der Waals surface area contributed by atoms with Crippen LogP contribution >= 0.6 is 11.6 Å². The minimum Gasteiger partial charge on any atom is -0.507 e. The molecule has 1 aliphatic heterocycles. The molecule has 0 radical (unpaired) electrons. The predicted octanol–water partition coefficient (Wildman–Crippen LogP) is 4.51. The number of ketones is 1. The molecule has 1 saturated heterocycles. The maximum atomic E-state index is 13.4. The summed E-state index contributed by atoms with van der Waals surface area (Å²) in [7, 11) is 1.45. The van der Waals surface area contributed by atoms with E-state index in [0.29, 0.717) is 17.1 Å². The first kappa shape index (κ1) is 20.6. The smallest absolute Gasteiger partial charge is 0.300 e. The third-order valence-electron chi connectivity index (χ3n) is 4.94. The topological polar surface area (TPSA) is 79.7 Å². The van der Waals surface area contributed by atoms with Gasteiger partial charge in [0.1, 0.15) is 23.4 Å². The molecule has 1 aliphatic rings. The average Bonchev–Trinajstić information content (AvgIpc) is 3.05. The van der Waals surface area contributed by atoms with E-state index < -0.39 is 29.3 Å². The molecular formula is C23H16ClFN2O4. The Kier molecular flexibility index (Phi) is 5.44. The molecule has 0 saturated carbocycles. The first-order valence-electron chi connectivity index (χ1n) is 9.23. The highest BCUT2D eigenvalue weighted by Gasteiger charge is 2.47. The Balaban J connectivity index is 1.92. The van der Waals surface area contributed by atoms with E-state index >= 15 is 0 Å². The van der Waals surface area contributed by atoms with Crippen LogP contribution in [-0.4, -0.2) is 28.9 Å². The number of pyridine rings is 1. The number of methoxy groups -OCH3 is 1. The van der Waals surface area contributed by atoms with Crippen LogP contribution in [0.25, 0.3) is 5.76 Å². The van der Waals surface area contributed by atoms with Crippen molar-refractivity contribution in [1.82, 2.24) is 4.98 Å². The number of aliphatic hydroxyl groups excluding tert-OH is 1. The van der Waals surface area contributed by atoms with Crippen LogP contribution in [0.15, 0.2) is 72.4 Å². The molecule has 156 valence electrons. The summed E-state index contributed by atoms with van der Waals surface area (Å²) in [5.74, 6) is -2.23. The van der Waals surface area contributed by atoms with Gasteiger partial charge in [0.2, 0.25) is 0 Å². The molecule has 1 unspecified atom stereocenters. The molecule has 2 heterocycles.